The molecule has 2 aliphatic rings. The number of morpholine rings is 1. The molecule has 3 rings (SSSR count). The van der Waals surface area contributed by atoms with Gasteiger partial charge in [-0.1, -0.05) is 11.6 Å². The maximum Gasteiger partial charge on any atom is 0.243 e. The SMILES string of the molecule is O=C1Cc2cc(NC(=O)C3COCCN3)c(Cl)cc2N1. The van der Waals surface area contributed by atoms with Crippen LogP contribution in [-0.4, -0.2) is 37.6 Å². The van der Waals surface area contributed by atoms with E-state index in [0.717, 1.165) is 5.56 Å². The number of carbonyl (C=O) groups excluding carboxylic acids is 2. The van der Waals surface area contributed by atoms with Crippen molar-refractivity contribution in [2.24, 2.45) is 0 Å². The summed E-state index contributed by atoms with van der Waals surface area (Å²) in [6, 6.07) is 3.01. The zero-order chi connectivity index (χ0) is 14.1. The first-order valence-electron chi connectivity index (χ1n) is 6.38. The number of hydrogen-bond donors (Lipinski definition) is 3. The molecule has 2 aliphatic heterocycles. The molecule has 0 aliphatic carbocycles. The van der Waals surface area contributed by atoms with Crippen LogP contribution in [0, 0.1) is 0 Å². The van der Waals surface area contributed by atoms with E-state index in [4.69, 9.17) is 16.3 Å². The van der Waals surface area contributed by atoms with Crippen LogP contribution in [0.15, 0.2) is 12.1 Å². The van der Waals surface area contributed by atoms with E-state index in [1.165, 1.54) is 0 Å². The summed E-state index contributed by atoms with van der Waals surface area (Å²) in [5, 5.41) is 8.96. The van der Waals surface area contributed by atoms with Gasteiger partial charge < -0.3 is 20.7 Å². The zero-order valence-corrected chi connectivity index (χ0v) is 11.4. The number of hydrogen-bond acceptors (Lipinski definition) is 4. The standard InChI is InChI=1S/C13H14ClN3O3/c14-8-5-9-7(4-12(18)16-9)3-10(8)17-13(19)11-6-20-2-1-15-11/h3,5,11,15H,1-2,4,6H2,(H,16,18)(H,17,19). The van der Waals surface area contributed by atoms with Gasteiger partial charge in [-0.3, -0.25) is 9.59 Å². The van der Waals surface area contributed by atoms with Crippen LogP contribution in [0.1, 0.15) is 5.56 Å². The molecule has 1 unspecified atom stereocenters. The molecule has 1 atom stereocenters. The van der Waals surface area contributed by atoms with Crippen molar-refractivity contribution < 1.29 is 14.3 Å². The number of benzene rings is 1. The predicted octanol–water partition coefficient (Wildman–Crippen LogP) is 0.761. The van der Waals surface area contributed by atoms with Crippen LogP contribution in [-0.2, 0) is 20.7 Å². The lowest BCUT2D eigenvalue weighted by molar-refractivity contribution is -0.120. The highest BCUT2D eigenvalue weighted by atomic mass is 35.5. The van der Waals surface area contributed by atoms with Gasteiger partial charge in [0.05, 0.1) is 30.3 Å². The Morgan fingerprint density at radius 2 is 2.30 bits per heavy atom. The van der Waals surface area contributed by atoms with Gasteiger partial charge in [0, 0.05) is 12.2 Å². The first kappa shape index (κ1) is 13.4. The molecular formula is C13H14ClN3O3. The van der Waals surface area contributed by atoms with E-state index >= 15 is 0 Å². The van der Waals surface area contributed by atoms with E-state index in [2.05, 4.69) is 16.0 Å². The minimum atomic E-state index is -0.382. The van der Waals surface area contributed by atoms with E-state index in [9.17, 15) is 9.59 Å². The summed E-state index contributed by atoms with van der Waals surface area (Å²) in [5.74, 6) is -0.259. The van der Waals surface area contributed by atoms with Crippen LogP contribution in [0.3, 0.4) is 0 Å². The molecule has 20 heavy (non-hydrogen) atoms. The Balaban J connectivity index is 1.76. The Hall–Kier alpha value is -1.63. The highest BCUT2D eigenvalue weighted by Crippen LogP contribution is 2.32. The van der Waals surface area contributed by atoms with Crippen molar-refractivity contribution in [1.82, 2.24) is 5.32 Å². The smallest absolute Gasteiger partial charge is 0.243 e. The number of anilines is 2. The first-order chi connectivity index (χ1) is 9.63. The summed E-state index contributed by atoms with van der Waals surface area (Å²) < 4.78 is 5.25. The van der Waals surface area contributed by atoms with Crippen molar-refractivity contribution in [1.29, 1.82) is 0 Å². The Morgan fingerprint density at radius 1 is 1.45 bits per heavy atom. The fourth-order valence-electron chi connectivity index (χ4n) is 2.30. The van der Waals surface area contributed by atoms with Crippen molar-refractivity contribution in [3.63, 3.8) is 0 Å². The van der Waals surface area contributed by atoms with Gasteiger partial charge in [0.25, 0.3) is 0 Å². The van der Waals surface area contributed by atoms with E-state index in [-0.39, 0.29) is 17.9 Å². The van der Waals surface area contributed by atoms with Crippen LogP contribution in [0.4, 0.5) is 11.4 Å². The monoisotopic (exact) mass is 295 g/mol. The quantitative estimate of drug-likeness (QED) is 0.753. The van der Waals surface area contributed by atoms with Crippen LogP contribution in [0.2, 0.25) is 5.02 Å². The van der Waals surface area contributed by atoms with E-state index < -0.39 is 0 Å². The van der Waals surface area contributed by atoms with Gasteiger partial charge in [0.1, 0.15) is 6.04 Å². The van der Waals surface area contributed by atoms with Gasteiger partial charge in [-0.2, -0.15) is 0 Å². The average molecular weight is 296 g/mol. The second-order valence-corrected chi connectivity index (χ2v) is 5.19. The average Bonchev–Trinajstić information content (AvgIpc) is 2.79. The zero-order valence-electron chi connectivity index (χ0n) is 10.7. The molecule has 1 fully saturated rings. The summed E-state index contributed by atoms with van der Waals surface area (Å²) in [7, 11) is 0. The number of fused-ring (bicyclic) bond motifs is 1. The summed E-state index contributed by atoms with van der Waals surface area (Å²) in [6.07, 6.45) is 0.306. The van der Waals surface area contributed by atoms with Gasteiger partial charge in [-0.05, 0) is 17.7 Å². The first-order valence-corrected chi connectivity index (χ1v) is 6.75. The highest BCUT2D eigenvalue weighted by Gasteiger charge is 2.24. The lowest BCUT2D eigenvalue weighted by Crippen LogP contribution is -2.48. The number of carbonyl (C=O) groups is 2. The molecule has 0 bridgehead atoms. The number of halogens is 1. The molecule has 1 saturated heterocycles. The summed E-state index contributed by atoms with van der Waals surface area (Å²) in [6.45, 7) is 1.60. The molecule has 2 heterocycles. The maximum atomic E-state index is 12.1. The van der Waals surface area contributed by atoms with Crippen LogP contribution < -0.4 is 16.0 Å². The molecule has 0 radical (unpaired) electrons. The van der Waals surface area contributed by atoms with E-state index in [1.54, 1.807) is 12.1 Å². The summed E-state index contributed by atoms with van der Waals surface area (Å²) >= 11 is 6.12. The van der Waals surface area contributed by atoms with Gasteiger partial charge in [-0.25, -0.2) is 0 Å². The maximum absolute atomic E-state index is 12.1. The fourth-order valence-corrected chi connectivity index (χ4v) is 2.51. The van der Waals surface area contributed by atoms with Crippen molar-refractivity contribution >= 4 is 34.8 Å². The van der Waals surface area contributed by atoms with Crippen molar-refractivity contribution in [3.8, 4) is 0 Å². The molecule has 0 saturated carbocycles. The fraction of sp³-hybridized carbons (Fsp3) is 0.385. The molecule has 7 heteroatoms. The summed E-state index contributed by atoms with van der Waals surface area (Å²) in [4.78, 5) is 23.4. The lowest BCUT2D eigenvalue weighted by Gasteiger charge is -2.23. The van der Waals surface area contributed by atoms with Crippen molar-refractivity contribution in [2.45, 2.75) is 12.5 Å². The number of rotatable bonds is 2. The van der Waals surface area contributed by atoms with Gasteiger partial charge in [0.2, 0.25) is 11.8 Å². The minimum Gasteiger partial charge on any atom is -0.378 e. The molecule has 2 amide bonds. The second-order valence-electron chi connectivity index (χ2n) is 4.79. The summed E-state index contributed by atoms with van der Waals surface area (Å²) in [5.41, 5.74) is 2.05. The molecule has 0 spiro atoms. The molecule has 3 N–H and O–H groups in total. The van der Waals surface area contributed by atoms with Gasteiger partial charge in [0.15, 0.2) is 0 Å². The molecule has 1 aromatic carbocycles. The second kappa shape index (κ2) is 5.40. The molecular weight excluding hydrogens is 282 g/mol. The van der Waals surface area contributed by atoms with Crippen LogP contribution in [0.5, 0.6) is 0 Å². The molecule has 106 valence electrons. The number of ether oxygens (including phenoxy) is 1. The van der Waals surface area contributed by atoms with Crippen molar-refractivity contribution in [3.05, 3.63) is 22.7 Å². The Labute approximate surface area is 120 Å². The molecule has 1 aromatic rings. The Bertz CT molecular complexity index is 570. The van der Waals surface area contributed by atoms with Gasteiger partial charge in [-0.15, -0.1) is 0 Å². The van der Waals surface area contributed by atoms with Crippen LogP contribution >= 0.6 is 11.6 Å². The number of nitrogens with one attached hydrogen (secondary N) is 3. The third-order valence-corrected chi connectivity index (χ3v) is 3.63. The molecule has 0 aromatic heterocycles. The highest BCUT2D eigenvalue weighted by molar-refractivity contribution is 6.34. The topological polar surface area (TPSA) is 79.5 Å². The van der Waals surface area contributed by atoms with E-state index in [1.807, 2.05) is 0 Å². The Kier molecular flexibility index (Phi) is 3.60. The third-order valence-electron chi connectivity index (χ3n) is 3.31. The third kappa shape index (κ3) is 2.63. The largest absolute Gasteiger partial charge is 0.378 e. The van der Waals surface area contributed by atoms with Crippen LogP contribution in [0.25, 0.3) is 0 Å². The number of amides is 2. The van der Waals surface area contributed by atoms with Gasteiger partial charge >= 0.3 is 0 Å². The normalized spacial score (nSPS) is 21.2. The minimum absolute atomic E-state index is 0.0677. The lowest BCUT2D eigenvalue weighted by atomic mass is 10.1. The van der Waals surface area contributed by atoms with E-state index in [0.29, 0.717) is 42.6 Å². The Morgan fingerprint density at radius 3 is 3.05 bits per heavy atom. The molecule has 6 nitrogen and oxygen atoms in total. The predicted molar refractivity (Wildman–Crippen MR) is 75.0 cm³/mol. The van der Waals surface area contributed by atoms with Crippen molar-refractivity contribution in [2.75, 3.05) is 30.4 Å².